The number of ether oxygens (including phenoxy) is 3. The molecule has 0 heterocycles. The van der Waals surface area contributed by atoms with Crippen LogP contribution in [-0.4, -0.2) is 37.2 Å². The lowest BCUT2D eigenvalue weighted by molar-refractivity contribution is -0.167. The molecule has 418 valence electrons. The highest BCUT2D eigenvalue weighted by Gasteiger charge is 2.19. The molecule has 0 bridgehead atoms. The quantitative estimate of drug-likeness (QED) is 0.0261. The van der Waals surface area contributed by atoms with Gasteiger partial charge >= 0.3 is 17.9 Å². The monoisotopic (exact) mass is 1010 g/mol. The maximum Gasteiger partial charge on any atom is 0.306 e. The van der Waals surface area contributed by atoms with Gasteiger partial charge in [-0.25, -0.2) is 0 Å². The van der Waals surface area contributed by atoms with E-state index in [1.807, 2.05) is 0 Å². The molecule has 0 aromatic rings. The fraction of sp³-hybridized carbons (Fsp3) is 0.803. The molecule has 6 nitrogen and oxygen atoms in total. The van der Waals surface area contributed by atoms with Crippen molar-refractivity contribution in [3.63, 3.8) is 0 Å². The SMILES string of the molecule is CC/C=C\C/C=C\C/C=C\C/C=C\CCCCCCC(=O)OC(COC(=O)CCCCCCC/C=C\CCCCCCC)COC(=O)CCCCCCCCCCCCCCCCCCCCCCCCC. The molecule has 0 N–H and O–H groups in total. The van der Waals surface area contributed by atoms with Crippen molar-refractivity contribution in [2.45, 2.75) is 329 Å². The Balaban J connectivity index is 4.32. The third-order valence-electron chi connectivity index (χ3n) is 13.8. The van der Waals surface area contributed by atoms with E-state index in [9.17, 15) is 14.4 Å². The second-order valence-corrected chi connectivity index (χ2v) is 20.9. The number of hydrogen-bond donors (Lipinski definition) is 0. The lowest BCUT2D eigenvalue weighted by atomic mass is 10.0. The molecule has 0 saturated carbocycles. The molecule has 6 heteroatoms. The van der Waals surface area contributed by atoms with Crippen molar-refractivity contribution in [2.24, 2.45) is 0 Å². The van der Waals surface area contributed by atoms with Crippen LogP contribution in [0.2, 0.25) is 0 Å². The van der Waals surface area contributed by atoms with Gasteiger partial charge in [0.15, 0.2) is 6.10 Å². The summed E-state index contributed by atoms with van der Waals surface area (Å²) in [4.78, 5) is 38.2. The van der Waals surface area contributed by atoms with Crippen LogP contribution in [0.15, 0.2) is 60.8 Å². The molecular formula is C66H118O6. The standard InChI is InChI=1S/C66H118O6/c1-4-7-10-13-16-19-22-25-28-30-31-32-33-34-35-37-38-41-44-47-50-53-56-59-65(68)71-62-63(61-70-64(67)58-55-52-49-46-43-40-27-24-21-18-15-12-9-6-3)72-66(69)60-57-54-51-48-45-42-39-36-29-26-23-20-17-14-11-8-5-2/h8,11,17,20,24,26-27,29,39,42,63H,4-7,9-10,12-16,18-19,21-23,25,28,30-38,40-41,43-62H2,1-3H3/b11-8-,20-17-,27-24-,29-26-,42-39-. The van der Waals surface area contributed by atoms with E-state index in [0.29, 0.717) is 19.3 Å². The first kappa shape index (κ1) is 69.1. The molecule has 0 aromatic carbocycles. The van der Waals surface area contributed by atoms with Crippen LogP contribution in [0.4, 0.5) is 0 Å². The van der Waals surface area contributed by atoms with Crippen LogP contribution in [0, 0.1) is 0 Å². The number of allylic oxidation sites excluding steroid dienone is 10. The Hall–Kier alpha value is -2.89. The molecule has 0 saturated heterocycles. The summed E-state index contributed by atoms with van der Waals surface area (Å²) in [6.07, 6.45) is 76.6. The summed E-state index contributed by atoms with van der Waals surface area (Å²) in [5.41, 5.74) is 0. The highest BCUT2D eigenvalue weighted by molar-refractivity contribution is 5.71. The van der Waals surface area contributed by atoms with Crippen molar-refractivity contribution < 1.29 is 28.6 Å². The highest BCUT2D eigenvalue weighted by atomic mass is 16.6. The van der Waals surface area contributed by atoms with Gasteiger partial charge in [-0.05, 0) is 83.5 Å². The van der Waals surface area contributed by atoms with Gasteiger partial charge in [-0.2, -0.15) is 0 Å². The van der Waals surface area contributed by atoms with Gasteiger partial charge in [0.05, 0.1) is 0 Å². The molecule has 0 amide bonds. The summed E-state index contributed by atoms with van der Waals surface area (Å²) in [5.74, 6) is -0.901. The highest BCUT2D eigenvalue weighted by Crippen LogP contribution is 2.17. The Bertz CT molecular complexity index is 1290. The Labute approximate surface area is 447 Å². The maximum absolute atomic E-state index is 12.9. The van der Waals surface area contributed by atoms with Crippen molar-refractivity contribution in [1.82, 2.24) is 0 Å². The molecule has 0 aliphatic heterocycles. The number of hydrogen-bond acceptors (Lipinski definition) is 6. The number of unbranched alkanes of at least 4 members (excludes halogenated alkanes) is 36. The molecular weight excluding hydrogens is 889 g/mol. The predicted octanol–water partition coefficient (Wildman–Crippen LogP) is 21.2. The lowest BCUT2D eigenvalue weighted by Gasteiger charge is -2.18. The van der Waals surface area contributed by atoms with Crippen LogP contribution >= 0.6 is 0 Å². The van der Waals surface area contributed by atoms with Crippen LogP contribution in [0.3, 0.4) is 0 Å². The number of rotatable bonds is 57. The Morgan fingerprint density at radius 2 is 0.542 bits per heavy atom. The molecule has 0 fully saturated rings. The van der Waals surface area contributed by atoms with E-state index in [2.05, 4.69) is 81.5 Å². The van der Waals surface area contributed by atoms with Crippen molar-refractivity contribution in [2.75, 3.05) is 13.2 Å². The van der Waals surface area contributed by atoms with Crippen LogP contribution < -0.4 is 0 Å². The van der Waals surface area contributed by atoms with Gasteiger partial charge in [0.2, 0.25) is 0 Å². The Kier molecular flexibility index (Phi) is 58.2. The van der Waals surface area contributed by atoms with Crippen molar-refractivity contribution in [1.29, 1.82) is 0 Å². The van der Waals surface area contributed by atoms with Crippen LogP contribution in [0.1, 0.15) is 323 Å². The molecule has 72 heavy (non-hydrogen) atoms. The third-order valence-corrected chi connectivity index (χ3v) is 13.8. The van der Waals surface area contributed by atoms with Crippen LogP contribution in [0.5, 0.6) is 0 Å². The summed E-state index contributed by atoms with van der Waals surface area (Å²) < 4.78 is 16.9. The Morgan fingerprint density at radius 3 is 0.861 bits per heavy atom. The van der Waals surface area contributed by atoms with Crippen molar-refractivity contribution in [3.8, 4) is 0 Å². The van der Waals surface area contributed by atoms with Gasteiger partial charge in [-0.15, -0.1) is 0 Å². The zero-order chi connectivity index (χ0) is 52.2. The third kappa shape index (κ3) is 58.0. The van der Waals surface area contributed by atoms with Gasteiger partial charge in [0.1, 0.15) is 13.2 Å². The summed E-state index contributed by atoms with van der Waals surface area (Å²) >= 11 is 0. The molecule has 0 aliphatic carbocycles. The average Bonchev–Trinajstić information content (AvgIpc) is 3.38. The van der Waals surface area contributed by atoms with Gasteiger partial charge in [0, 0.05) is 19.3 Å². The Morgan fingerprint density at radius 1 is 0.292 bits per heavy atom. The summed E-state index contributed by atoms with van der Waals surface area (Å²) in [7, 11) is 0. The summed E-state index contributed by atoms with van der Waals surface area (Å²) in [6, 6.07) is 0. The van der Waals surface area contributed by atoms with E-state index in [-0.39, 0.29) is 31.1 Å². The first-order valence-electron chi connectivity index (χ1n) is 31.3. The van der Waals surface area contributed by atoms with Gasteiger partial charge < -0.3 is 14.2 Å². The van der Waals surface area contributed by atoms with E-state index in [0.717, 1.165) is 103 Å². The minimum absolute atomic E-state index is 0.0839. The first-order chi connectivity index (χ1) is 35.5. The number of carbonyl (C=O) groups excluding carboxylic acids is 3. The minimum Gasteiger partial charge on any atom is -0.462 e. The predicted molar refractivity (Wildman–Crippen MR) is 312 cm³/mol. The molecule has 1 atom stereocenters. The van der Waals surface area contributed by atoms with Gasteiger partial charge in [-0.3, -0.25) is 14.4 Å². The van der Waals surface area contributed by atoms with Crippen molar-refractivity contribution in [3.05, 3.63) is 60.8 Å². The molecule has 0 aliphatic rings. The van der Waals surface area contributed by atoms with E-state index in [1.165, 1.54) is 180 Å². The van der Waals surface area contributed by atoms with Crippen molar-refractivity contribution >= 4 is 17.9 Å². The summed E-state index contributed by atoms with van der Waals surface area (Å²) in [6.45, 7) is 6.53. The molecule has 0 aromatic heterocycles. The smallest absolute Gasteiger partial charge is 0.306 e. The fourth-order valence-corrected chi connectivity index (χ4v) is 9.08. The number of carbonyl (C=O) groups is 3. The minimum atomic E-state index is -0.790. The topological polar surface area (TPSA) is 78.9 Å². The van der Waals surface area contributed by atoms with Crippen LogP contribution in [0.25, 0.3) is 0 Å². The second-order valence-electron chi connectivity index (χ2n) is 20.9. The van der Waals surface area contributed by atoms with E-state index in [1.54, 1.807) is 0 Å². The van der Waals surface area contributed by atoms with E-state index < -0.39 is 6.10 Å². The maximum atomic E-state index is 12.9. The normalized spacial score (nSPS) is 12.4. The first-order valence-corrected chi connectivity index (χ1v) is 31.3. The fourth-order valence-electron chi connectivity index (χ4n) is 9.08. The zero-order valence-corrected chi connectivity index (χ0v) is 47.9. The summed E-state index contributed by atoms with van der Waals surface area (Å²) in [5, 5.41) is 0. The van der Waals surface area contributed by atoms with Gasteiger partial charge in [-0.1, -0.05) is 281 Å². The largest absolute Gasteiger partial charge is 0.462 e. The lowest BCUT2D eigenvalue weighted by Crippen LogP contribution is -2.30. The molecule has 1 unspecified atom stereocenters. The zero-order valence-electron chi connectivity index (χ0n) is 47.9. The number of esters is 3. The molecule has 0 spiro atoms. The molecule has 0 rings (SSSR count). The molecule has 0 radical (unpaired) electrons. The average molecular weight is 1010 g/mol. The van der Waals surface area contributed by atoms with E-state index >= 15 is 0 Å². The van der Waals surface area contributed by atoms with Crippen LogP contribution in [-0.2, 0) is 28.6 Å². The second kappa shape index (κ2) is 60.7. The van der Waals surface area contributed by atoms with E-state index in [4.69, 9.17) is 14.2 Å². The van der Waals surface area contributed by atoms with Gasteiger partial charge in [0.25, 0.3) is 0 Å².